The van der Waals surface area contributed by atoms with Gasteiger partial charge in [-0.05, 0) is 45.7 Å². The van der Waals surface area contributed by atoms with E-state index in [9.17, 15) is 18.0 Å². The predicted molar refractivity (Wildman–Crippen MR) is 123 cm³/mol. The number of allylic oxidation sites excluding steroid dienone is 2. The minimum Gasteiger partial charge on any atom is -0.444 e. The van der Waals surface area contributed by atoms with E-state index < -0.39 is 23.6 Å². The van der Waals surface area contributed by atoms with Crippen LogP contribution in [0.2, 0.25) is 0 Å². The summed E-state index contributed by atoms with van der Waals surface area (Å²) in [6.07, 6.45) is 0.325. The molecule has 1 aromatic heterocycles. The number of carbonyl (C=O) groups is 1. The SMILES string of the molecule is CC(C)(C)OC(=O)NCCCCCCN=CC(=C(N)C(F)(F)F)c1cnc2ccccc2n1. The molecule has 10 heteroatoms. The van der Waals surface area contributed by atoms with Crippen LogP contribution in [-0.4, -0.2) is 47.1 Å². The van der Waals surface area contributed by atoms with E-state index in [1.54, 1.807) is 45.0 Å². The maximum atomic E-state index is 13.3. The topological polar surface area (TPSA) is 102 Å². The maximum Gasteiger partial charge on any atom is 0.431 e. The van der Waals surface area contributed by atoms with Crippen molar-refractivity contribution in [2.75, 3.05) is 13.1 Å². The molecule has 0 aliphatic heterocycles. The average molecular weight is 466 g/mol. The van der Waals surface area contributed by atoms with E-state index in [2.05, 4.69) is 20.3 Å². The Morgan fingerprint density at radius 1 is 1.12 bits per heavy atom. The second-order valence-corrected chi connectivity index (χ2v) is 8.45. The standard InChI is InChI=1S/C23H30F3N5O2/c1-22(2,3)33-21(32)29-13-9-5-4-8-12-28-14-16(20(27)23(24,25)26)19-15-30-17-10-6-7-11-18(17)31-19/h6-7,10-11,14-15H,4-5,8-9,12-13,27H2,1-3H3,(H,29,32). The minimum absolute atomic E-state index is 0.0143. The molecule has 0 spiro atoms. The van der Waals surface area contributed by atoms with Crippen LogP contribution in [-0.2, 0) is 4.74 Å². The summed E-state index contributed by atoms with van der Waals surface area (Å²) in [7, 11) is 0. The minimum atomic E-state index is -4.71. The first kappa shape index (κ1) is 26.1. The highest BCUT2D eigenvalue weighted by Gasteiger charge is 2.34. The molecule has 0 fully saturated rings. The van der Waals surface area contributed by atoms with Gasteiger partial charge in [-0.15, -0.1) is 0 Å². The summed E-state index contributed by atoms with van der Waals surface area (Å²) >= 11 is 0. The van der Waals surface area contributed by atoms with Gasteiger partial charge in [-0.25, -0.2) is 9.78 Å². The molecule has 0 unspecified atom stereocenters. The van der Waals surface area contributed by atoms with E-state index in [0.717, 1.165) is 25.5 Å². The van der Waals surface area contributed by atoms with Gasteiger partial charge in [0.1, 0.15) is 11.3 Å². The van der Waals surface area contributed by atoms with Crippen LogP contribution in [0.25, 0.3) is 16.6 Å². The van der Waals surface area contributed by atoms with Crippen molar-refractivity contribution in [3.63, 3.8) is 0 Å². The summed E-state index contributed by atoms with van der Waals surface area (Å²) in [4.78, 5) is 24.1. The van der Waals surface area contributed by atoms with E-state index in [-0.39, 0.29) is 11.3 Å². The van der Waals surface area contributed by atoms with E-state index in [0.29, 0.717) is 30.5 Å². The number of carbonyl (C=O) groups excluding carboxylic acids is 1. The maximum absolute atomic E-state index is 13.3. The predicted octanol–water partition coefficient (Wildman–Crippen LogP) is 5.02. The van der Waals surface area contributed by atoms with E-state index in [1.807, 2.05) is 0 Å². The number of aromatic nitrogens is 2. The number of nitrogens with two attached hydrogens (primary N) is 1. The normalized spacial score (nSPS) is 13.3. The molecule has 33 heavy (non-hydrogen) atoms. The van der Waals surface area contributed by atoms with Gasteiger partial charge in [0.2, 0.25) is 0 Å². The lowest BCUT2D eigenvalue weighted by molar-refractivity contribution is -0.0919. The van der Waals surface area contributed by atoms with Crippen molar-refractivity contribution in [3.8, 4) is 0 Å². The van der Waals surface area contributed by atoms with Crippen molar-refractivity contribution in [2.45, 2.75) is 58.2 Å². The van der Waals surface area contributed by atoms with Gasteiger partial charge in [-0.3, -0.25) is 9.98 Å². The molecule has 3 N–H and O–H groups in total. The molecule has 0 saturated carbocycles. The number of alkyl carbamates (subject to hydrolysis) is 1. The lowest BCUT2D eigenvalue weighted by Crippen LogP contribution is -2.32. The fourth-order valence-corrected chi connectivity index (χ4v) is 2.86. The van der Waals surface area contributed by atoms with E-state index in [1.165, 1.54) is 6.20 Å². The van der Waals surface area contributed by atoms with Crippen LogP contribution in [0.15, 0.2) is 41.2 Å². The summed E-state index contributed by atoms with van der Waals surface area (Å²) in [5.74, 6) is 0. The number of alkyl halides is 3. The number of halogens is 3. The highest BCUT2D eigenvalue weighted by atomic mass is 19.4. The number of aliphatic imine (C=N–C) groups is 1. The molecule has 0 aliphatic rings. The molecule has 2 aromatic rings. The van der Waals surface area contributed by atoms with Gasteiger partial charge >= 0.3 is 12.3 Å². The molecular weight excluding hydrogens is 435 g/mol. The van der Waals surface area contributed by atoms with Crippen molar-refractivity contribution in [1.82, 2.24) is 15.3 Å². The summed E-state index contributed by atoms with van der Waals surface area (Å²) < 4.78 is 44.9. The molecule has 0 atom stereocenters. The van der Waals surface area contributed by atoms with Crippen LogP contribution in [0.5, 0.6) is 0 Å². The Bertz CT molecular complexity index is 997. The van der Waals surface area contributed by atoms with Gasteiger partial charge in [0.05, 0.1) is 22.9 Å². The van der Waals surface area contributed by atoms with Crippen LogP contribution in [0.3, 0.4) is 0 Å². The Labute approximate surface area is 191 Å². The van der Waals surface area contributed by atoms with Gasteiger partial charge in [0.25, 0.3) is 0 Å². The number of fused-ring (bicyclic) bond motifs is 1. The molecule has 1 heterocycles. The summed E-state index contributed by atoms with van der Waals surface area (Å²) in [5.41, 5.74) is 4.33. The molecule has 0 saturated heterocycles. The van der Waals surface area contributed by atoms with Crippen molar-refractivity contribution >= 4 is 28.9 Å². The van der Waals surface area contributed by atoms with Crippen molar-refractivity contribution in [2.24, 2.45) is 10.7 Å². The first-order chi connectivity index (χ1) is 15.5. The van der Waals surface area contributed by atoms with Gasteiger partial charge in [-0.2, -0.15) is 13.2 Å². The Morgan fingerprint density at radius 2 is 1.79 bits per heavy atom. The van der Waals surface area contributed by atoms with Crippen LogP contribution in [0, 0.1) is 0 Å². The summed E-state index contributed by atoms with van der Waals surface area (Å²) in [5, 5.41) is 2.68. The first-order valence-corrected chi connectivity index (χ1v) is 10.7. The third-order valence-electron chi connectivity index (χ3n) is 4.42. The zero-order valence-electron chi connectivity index (χ0n) is 19.1. The monoisotopic (exact) mass is 465 g/mol. The van der Waals surface area contributed by atoms with Crippen molar-refractivity contribution in [1.29, 1.82) is 0 Å². The van der Waals surface area contributed by atoms with E-state index in [4.69, 9.17) is 10.5 Å². The number of hydrogen-bond acceptors (Lipinski definition) is 6. The molecule has 7 nitrogen and oxygen atoms in total. The lowest BCUT2D eigenvalue weighted by atomic mass is 10.1. The molecular formula is C23H30F3N5O2. The number of unbranched alkanes of at least 4 members (excludes halogenated alkanes) is 3. The number of para-hydroxylation sites is 2. The smallest absolute Gasteiger partial charge is 0.431 e. The van der Waals surface area contributed by atoms with Crippen molar-refractivity contribution < 1.29 is 22.7 Å². The van der Waals surface area contributed by atoms with Crippen LogP contribution in [0.4, 0.5) is 18.0 Å². The number of hydrogen-bond donors (Lipinski definition) is 2. The first-order valence-electron chi connectivity index (χ1n) is 10.7. The fraction of sp³-hybridized carbons (Fsp3) is 0.478. The fourth-order valence-electron chi connectivity index (χ4n) is 2.86. The Balaban J connectivity index is 1.88. The van der Waals surface area contributed by atoms with Crippen LogP contribution >= 0.6 is 0 Å². The van der Waals surface area contributed by atoms with Gasteiger partial charge < -0.3 is 15.8 Å². The number of ether oxygens (including phenoxy) is 1. The Kier molecular flexibility index (Phi) is 9.19. The number of nitrogens with zero attached hydrogens (tertiary/aromatic N) is 3. The molecule has 1 aromatic carbocycles. The zero-order valence-corrected chi connectivity index (χ0v) is 19.1. The molecule has 2 rings (SSSR count). The molecule has 0 aliphatic carbocycles. The number of nitrogens with one attached hydrogen (secondary N) is 1. The quantitative estimate of drug-likeness (QED) is 0.400. The van der Waals surface area contributed by atoms with Gasteiger partial charge in [-0.1, -0.05) is 25.0 Å². The van der Waals surface area contributed by atoms with Gasteiger partial charge in [0.15, 0.2) is 0 Å². The Hall–Kier alpha value is -3.17. The largest absolute Gasteiger partial charge is 0.444 e. The summed E-state index contributed by atoms with van der Waals surface area (Å²) in [6.45, 7) is 6.22. The summed E-state index contributed by atoms with van der Waals surface area (Å²) in [6, 6.07) is 6.89. The average Bonchev–Trinajstić information content (AvgIpc) is 2.72. The van der Waals surface area contributed by atoms with Crippen molar-refractivity contribution in [3.05, 3.63) is 41.9 Å². The highest BCUT2D eigenvalue weighted by molar-refractivity contribution is 6.10. The third kappa shape index (κ3) is 9.07. The lowest BCUT2D eigenvalue weighted by Gasteiger charge is -2.19. The third-order valence-corrected chi connectivity index (χ3v) is 4.42. The number of amides is 1. The number of rotatable bonds is 9. The van der Waals surface area contributed by atoms with Crippen LogP contribution < -0.4 is 11.1 Å². The second-order valence-electron chi connectivity index (χ2n) is 8.45. The second kappa shape index (κ2) is 11.6. The highest BCUT2D eigenvalue weighted by Crippen LogP contribution is 2.28. The molecule has 180 valence electrons. The van der Waals surface area contributed by atoms with Gasteiger partial charge in [0, 0.05) is 24.9 Å². The number of benzene rings is 1. The zero-order chi connectivity index (χ0) is 24.5. The molecule has 1 amide bonds. The Morgan fingerprint density at radius 3 is 2.45 bits per heavy atom. The molecule has 0 radical (unpaired) electrons. The molecule has 0 bridgehead atoms. The van der Waals surface area contributed by atoms with Crippen LogP contribution in [0.1, 0.15) is 52.1 Å². The van der Waals surface area contributed by atoms with E-state index >= 15 is 0 Å².